The monoisotopic (exact) mass is 337 g/mol. The molecule has 3 rings (SSSR count). The lowest BCUT2D eigenvalue weighted by Crippen LogP contribution is -2.29. The minimum atomic E-state index is 0.256. The number of rotatable bonds is 5. The van der Waals surface area contributed by atoms with E-state index in [1.807, 2.05) is 12.1 Å². The van der Waals surface area contributed by atoms with Gasteiger partial charge < -0.3 is 10.4 Å². The van der Waals surface area contributed by atoms with Crippen molar-refractivity contribution < 1.29 is 5.11 Å². The van der Waals surface area contributed by atoms with Crippen molar-refractivity contribution in [2.45, 2.75) is 45.1 Å². The van der Waals surface area contributed by atoms with E-state index in [4.69, 9.17) is 0 Å². The van der Waals surface area contributed by atoms with Gasteiger partial charge >= 0.3 is 0 Å². The lowest BCUT2D eigenvalue weighted by Gasteiger charge is -2.26. The van der Waals surface area contributed by atoms with Gasteiger partial charge in [0, 0.05) is 16.1 Å². The van der Waals surface area contributed by atoms with Gasteiger partial charge in [-0.2, -0.15) is 0 Å². The molecule has 2 aliphatic rings. The van der Waals surface area contributed by atoms with E-state index in [9.17, 15) is 5.11 Å². The molecule has 2 bridgehead atoms. The first kappa shape index (κ1) is 14.4. The van der Waals surface area contributed by atoms with Gasteiger partial charge in [-0.25, -0.2) is 0 Å². The van der Waals surface area contributed by atoms with Crippen LogP contribution in [0.15, 0.2) is 22.7 Å². The quantitative estimate of drug-likeness (QED) is 0.820. The molecule has 4 atom stereocenters. The molecular formula is C17H24BrNO. The zero-order valence-corrected chi connectivity index (χ0v) is 13.7. The van der Waals surface area contributed by atoms with Crippen LogP contribution in [0.5, 0.6) is 5.75 Å². The average molecular weight is 338 g/mol. The Bertz CT molecular complexity index is 476. The maximum absolute atomic E-state index is 10.1. The summed E-state index contributed by atoms with van der Waals surface area (Å²) >= 11 is 3.50. The van der Waals surface area contributed by atoms with Crippen molar-refractivity contribution in [3.8, 4) is 5.75 Å². The summed E-state index contributed by atoms with van der Waals surface area (Å²) in [6, 6.07) is 5.96. The molecule has 2 N–H and O–H groups in total. The van der Waals surface area contributed by atoms with E-state index in [1.165, 1.54) is 25.7 Å². The molecule has 1 aromatic carbocycles. The smallest absolute Gasteiger partial charge is 0.120 e. The maximum atomic E-state index is 10.1. The zero-order valence-electron chi connectivity index (χ0n) is 12.1. The normalized spacial score (nSPS) is 29.8. The van der Waals surface area contributed by atoms with Gasteiger partial charge in [-0.05, 0) is 68.2 Å². The van der Waals surface area contributed by atoms with E-state index in [-0.39, 0.29) is 6.04 Å². The molecule has 3 heteroatoms. The second-order valence-electron chi connectivity index (χ2n) is 6.51. The number of phenols is 1. The molecule has 0 spiro atoms. The highest BCUT2D eigenvalue weighted by Gasteiger charge is 2.39. The van der Waals surface area contributed by atoms with Crippen LogP contribution in [0.3, 0.4) is 0 Å². The van der Waals surface area contributed by atoms with Gasteiger partial charge in [0.05, 0.1) is 0 Å². The van der Waals surface area contributed by atoms with E-state index in [0.717, 1.165) is 40.8 Å². The van der Waals surface area contributed by atoms with Crippen LogP contribution in [0, 0.1) is 17.8 Å². The number of nitrogens with one attached hydrogen (secondary N) is 1. The van der Waals surface area contributed by atoms with Crippen molar-refractivity contribution in [3.05, 3.63) is 28.2 Å². The van der Waals surface area contributed by atoms with Crippen LogP contribution >= 0.6 is 15.9 Å². The second-order valence-corrected chi connectivity index (χ2v) is 7.42. The average Bonchev–Trinajstić information content (AvgIpc) is 3.05. The molecular weight excluding hydrogens is 314 g/mol. The van der Waals surface area contributed by atoms with Crippen molar-refractivity contribution in [2.75, 3.05) is 6.54 Å². The Hall–Kier alpha value is -0.540. The summed E-state index contributed by atoms with van der Waals surface area (Å²) in [6.07, 6.45) is 6.79. The van der Waals surface area contributed by atoms with Gasteiger partial charge in [-0.1, -0.05) is 29.3 Å². The van der Waals surface area contributed by atoms with Crippen molar-refractivity contribution in [3.63, 3.8) is 0 Å². The third kappa shape index (κ3) is 2.89. The van der Waals surface area contributed by atoms with Crippen molar-refractivity contribution in [1.29, 1.82) is 0 Å². The minimum Gasteiger partial charge on any atom is -0.508 e. The number of benzene rings is 1. The molecule has 1 aromatic rings. The SMILES string of the molecule is CCC(NCC1CC2CCC1C2)c1cc(Br)ccc1O. The predicted octanol–water partition coefficient (Wildman–Crippen LogP) is 4.63. The summed E-state index contributed by atoms with van der Waals surface area (Å²) in [5.41, 5.74) is 1.02. The first-order valence-electron chi connectivity index (χ1n) is 7.89. The number of fused-ring (bicyclic) bond motifs is 2. The van der Waals surface area contributed by atoms with Gasteiger partial charge in [0.15, 0.2) is 0 Å². The van der Waals surface area contributed by atoms with E-state index < -0.39 is 0 Å². The fourth-order valence-electron chi connectivity index (χ4n) is 4.20. The first-order valence-corrected chi connectivity index (χ1v) is 8.68. The molecule has 0 saturated heterocycles. The molecule has 0 amide bonds. The third-order valence-corrected chi connectivity index (χ3v) is 5.78. The molecule has 110 valence electrons. The molecule has 2 aliphatic carbocycles. The van der Waals surface area contributed by atoms with E-state index in [1.54, 1.807) is 6.07 Å². The standard InChI is InChI=1S/C17H24BrNO/c1-2-16(15-9-14(18)5-6-17(15)20)19-10-13-8-11-3-4-12(13)7-11/h5-6,9,11-13,16,19-20H,2-4,7-8,10H2,1H3. The van der Waals surface area contributed by atoms with Crippen LogP contribution in [-0.2, 0) is 0 Å². The molecule has 0 radical (unpaired) electrons. The lowest BCUT2D eigenvalue weighted by molar-refractivity contribution is 0.303. The zero-order chi connectivity index (χ0) is 14.1. The minimum absolute atomic E-state index is 0.256. The van der Waals surface area contributed by atoms with Crippen LogP contribution in [-0.4, -0.2) is 11.7 Å². The number of aromatic hydroxyl groups is 1. The highest BCUT2D eigenvalue weighted by Crippen LogP contribution is 2.48. The van der Waals surface area contributed by atoms with Crippen molar-refractivity contribution >= 4 is 15.9 Å². The van der Waals surface area contributed by atoms with Gasteiger partial charge in [0.1, 0.15) is 5.75 Å². The largest absolute Gasteiger partial charge is 0.508 e. The molecule has 4 unspecified atom stereocenters. The highest BCUT2D eigenvalue weighted by molar-refractivity contribution is 9.10. The summed E-state index contributed by atoms with van der Waals surface area (Å²) in [4.78, 5) is 0. The van der Waals surface area contributed by atoms with E-state index in [0.29, 0.717) is 5.75 Å². The first-order chi connectivity index (χ1) is 9.67. The van der Waals surface area contributed by atoms with Gasteiger partial charge in [-0.3, -0.25) is 0 Å². The maximum Gasteiger partial charge on any atom is 0.120 e. The Balaban J connectivity index is 1.63. The Kier molecular flexibility index (Phi) is 4.37. The molecule has 20 heavy (non-hydrogen) atoms. The molecule has 0 aromatic heterocycles. The van der Waals surface area contributed by atoms with Crippen LogP contribution in [0.2, 0.25) is 0 Å². The Morgan fingerprint density at radius 3 is 2.85 bits per heavy atom. The Morgan fingerprint density at radius 2 is 2.20 bits per heavy atom. The number of hydrogen-bond acceptors (Lipinski definition) is 2. The predicted molar refractivity (Wildman–Crippen MR) is 85.8 cm³/mol. The van der Waals surface area contributed by atoms with Crippen LogP contribution in [0.25, 0.3) is 0 Å². The summed E-state index contributed by atoms with van der Waals surface area (Å²) in [5, 5.41) is 13.8. The lowest BCUT2D eigenvalue weighted by atomic mass is 9.88. The third-order valence-electron chi connectivity index (χ3n) is 5.28. The molecule has 2 fully saturated rings. The van der Waals surface area contributed by atoms with Crippen LogP contribution in [0.4, 0.5) is 0 Å². The Morgan fingerprint density at radius 1 is 1.35 bits per heavy atom. The van der Waals surface area contributed by atoms with Crippen molar-refractivity contribution in [1.82, 2.24) is 5.32 Å². The fourth-order valence-corrected chi connectivity index (χ4v) is 4.58. The second kappa shape index (κ2) is 6.07. The van der Waals surface area contributed by atoms with E-state index in [2.05, 4.69) is 28.2 Å². The van der Waals surface area contributed by atoms with Crippen LogP contribution < -0.4 is 5.32 Å². The highest BCUT2D eigenvalue weighted by atomic mass is 79.9. The number of phenolic OH excluding ortho intramolecular Hbond substituents is 1. The fraction of sp³-hybridized carbons (Fsp3) is 0.647. The van der Waals surface area contributed by atoms with Gasteiger partial charge in [0.25, 0.3) is 0 Å². The molecule has 0 heterocycles. The van der Waals surface area contributed by atoms with Crippen LogP contribution in [0.1, 0.15) is 50.6 Å². The number of halogens is 1. The topological polar surface area (TPSA) is 32.3 Å². The summed E-state index contributed by atoms with van der Waals surface area (Å²) in [6.45, 7) is 3.28. The molecule has 0 aliphatic heterocycles. The van der Waals surface area contributed by atoms with Gasteiger partial charge in [-0.15, -0.1) is 0 Å². The van der Waals surface area contributed by atoms with E-state index >= 15 is 0 Å². The summed E-state index contributed by atoms with van der Waals surface area (Å²) < 4.78 is 1.03. The molecule has 2 saturated carbocycles. The summed E-state index contributed by atoms with van der Waals surface area (Å²) in [5.74, 6) is 3.23. The van der Waals surface area contributed by atoms with Gasteiger partial charge in [0.2, 0.25) is 0 Å². The molecule has 2 nitrogen and oxygen atoms in total. The summed E-state index contributed by atoms with van der Waals surface area (Å²) in [7, 11) is 0. The van der Waals surface area contributed by atoms with Crippen molar-refractivity contribution in [2.24, 2.45) is 17.8 Å². The Labute approximate surface area is 130 Å². The number of hydrogen-bond donors (Lipinski definition) is 2.